The molecule has 0 saturated carbocycles. The summed E-state index contributed by atoms with van der Waals surface area (Å²) in [6, 6.07) is 8.48. The number of hydrogen-bond donors (Lipinski definition) is 1. The van der Waals surface area contributed by atoms with E-state index in [1.807, 2.05) is 0 Å². The maximum atomic E-state index is 14.9. The Bertz CT molecular complexity index is 969. The lowest BCUT2D eigenvalue weighted by Crippen LogP contribution is -2.35. The lowest BCUT2D eigenvalue weighted by atomic mass is 9.83. The number of nitrogens with one attached hydrogen (secondary N) is 1. The molecule has 0 atom stereocenters. The molecule has 31 heavy (non-hydrogen) atoms. The first-order valence-corrected chi connectivity index (χ1v) is 11.6. The maximum Gasteiger partial charge on any atom is 0.142 e. The maximum absolute atomic E-state index is 14.9. The Labute approximate surface area is 187 Å². The van der Waals surface area contributed by atoms with Crippen LogP contribution < -0.4 is 10.1 Å². The predicted molar refractivity (Wildman–Crippen MR) is 125 cm³/mol. The van der Waals surface area contributed by atoms with Crippen LogP contribution in [0.15, 0.2) is 24.3 Å². The Balaban J connectivity index is 1.52. The topological polar surface area (TPSA) is 24.5 Å². The summed E-state index contributed by atoms with van der Waals surface area (Å²) in [5.74, 6) is 0.881. The van der Waals surface area contributed by atoms with E-state index in [1.165, 1.54) is 16.7 Å². The molecule has 0 aliphatic carbocycles. The summed E-state index contributed by atoms with van der Waals surface area (Å²) in [5, 5.41) is 3.46. The van der Waals surface area contributed by atoms with Gasteiger partial charge in [0.1, 0.15) is 18.3 Å². The second kappa shape index (κ2) is 8.22. The predicted octanol–water partition coefficient (Wildman–Crippen LogP) is 5.46. The lowest BCUT2D eigenvalue weighted by Gasteiger charge is -2.32. The lowest BCUT2D eigenvalue weighted by molar-refractivity contribution is 0.110. The number of ether oxygens (including phenoxy) is 1. The summed E-state index contributed by atoms with van der Waals surface area (Å²) >= 11 is 0. The van der Waals surface area contributed by atoms with E-state index in [0.29, 0.717) is 13.3 Å². The van der Waals surface area contributed by atoms with Gasteiger partial charge in [-0.25, -0.2) is 4.39 Å². The second-order valence-corrected chi connectivity index (χ2v) is 11.2. The Morgan fingerprint density at radius 2 is 1.71 bits per heavy atom. The van der Waals surface area contributed by atoms with Crippen molar-refractivity contribution in [1.82, 2.24) is 10.2 Å². The van der Waals surface area contributed by atoms with Crippen molar-refractivity contribution in [1.29, 1.82) is 0 Å². The molecule has 0 saturated heterocycles. The first-order chi connectivity index (χ1) is 14.5. The van der Waals surface area contributed by atoms with Crippen LogP contribution >= 0.6 is 0 Å². The highest BCUT2D eigenvalue weighted by molar-refractivity contribution is 5.47. The van der Waals surface area contributed by atoms with Crippen molar-refractivity contribution in [2.75, 3.05) is 19.8 Å². The minimum atomic E-state index is -0.0811. The highest BCUT2D eigenvalue weighted by Crippen LogP contribution is 2.35. The average molecular weight is 425 g/mol. The molecule has 3 nitrogen and oxygen atoms in total. The third-order valence-corrected chi connectivity index (χ3v) is 6.63. The van der Waals surface area contributed by atoms with Crippen molar-refractivity contribution in [2.24, 2.45) is 0 Å². The fourth-order valence-corrected chi connectivity index (χ4v) is 4.59. The summed E-state index contributed by atoms with van der Waals surface area (Å²) in [6.45, 7) is 17.0. The number of hydrogen-bond acceptors (Lipinski definition) is 3. The molecule has 0 radical (unpaired) electrons. The molecule has 4 rings (SSSR count). The van der Waals surface area contributed by atoms with E-state index in [2.05, 4.69) is 70.0 Å². The van der Waals surface area contributed by atoms with Crippen LogP contribution in [0.25, 0.3) is 0 Å². The third kappa shape index (κ3) is 4.80. The highest BCUT2D eigenvalue weighted by Gasteiger charge is 2.26. The van der Waals surface area contributed by atoms with E-state index in [9.17, 15) is 4.39 Å². The largest absolute Gasteiger partial charge is 0.478 e. The van der Waals surface area contributed by atoms with Gasteiger partial charge in [0, 0.05) is 25.2 Å². The molecule has 4 heteroatoms. The van der Waals surface area contributed by atoms with Crippen LogP contribution in [-0.2, 0) is 36.8 Å². The molecular formula is C27H37FN2O. The van der Waals surface area contributed by atoms with Crippen molar-refractivity contribution in [2.45, 2.75) is 78.3 Å². The molecule has 0 spiro atoms. The van der Waals surface area contributed by atoms with E-state index >= 15 is 0 Å². The Morgan fingerprint density at radius 3 is 2.42 bits per heavy atom. The van der Waals surface area contributed by atoms with Crippen LogP contribution in [0.1, 0.15) is 74.9 Å². The summed E-state index contributed by atoms with van der Waals surface area (Å²) in [5.41, 5.74) is 7.04. The second-order valence-electron chi connectivity index (χ2n) is 11.2. The van der Waals surface area contributed by atoms with Gasteiger partial charge >= 0.3 is 0 Å². The van der Waals surface area contributed by atoms with Crippen molar-refractivity contribution < 1.29 is 9.13 Å². The Kier molecular flexibility index (Phi) is 5.91. The smallest absolute Gasteiger partial charge is 0.142 e. The van der Waals surface area contributed by atoms with Crippen LogP contribution in [0, 0.1) is 5.82 Å². The summed E-state index contributed by atoms with van der Waals surface area (Å²) in [7, 11) is 0. The summed E-state index contributed by atoms with van der Waals surface area (Å²) in [6.07, 6.45) is 1.93. The minimum absolute atomic E-state index is 0.0131. The van der Waals surface area contributed by atoms with Gasteiger partial charge in [0.2, 0.25) is 0 Å². The molecule has 2 aliphatic heterocycles. The first kappa shape index (κ1) is 22.3. The van der Waals surface area contributed by atoms with E-state index in [-0.39, 0.29) is 16.6 Å². The molecule has 0 aromatic heterocycles. The molecule has 0 fully saturated rings. The van der Waals surface area contributed by atoms with Gasteiger partial charge in [-0.3, -0.25) is 4.90 Å². The zero-order chi connectivity index (χ0) is 22.4. The van der Waals surface area contributed by atoms with Crippen LogP contribution in [0.5, 0.6) is 5.75 Å². The van der Waals surface area contributed by atoms with Gasteiger partial charge in [0.05, 0.1) is 0 Å². The fraction of sp³-hybridized carbons (Fsp3) is 0.556. The van der Waals surface area contributed by atoms with Gasteiger partial charge < -0.3 is 10.1 Å². The zero-order valence-electron chi connectivity index (χ0n) is 20.0. The van der Waals surface area contributed by atoms with Crippen molar-refractivity contribution in [3.63, 3.8) is 0 Å². The Morgan fingerprint density at radius 1 is 0.935 bits per heavy atom. The highest BCUT2D eigenvalue weighted by atomic mass is 19.1. The van der Waals surface area contributed by atoms with Crippen LogP contribution in [0.4, 0.5) is 4.39 Å². The van der Waals surface area contributed by atoms with Gasteiger partial charge in [0.25, 0.3) is 0 Å². The van der Waals surface area contributed by atoms with E-state index in [0.717, 1.165) is 54.9 Å². The third-order valence-electron chi connectivity index (χ3n) is 6.63. The fourth-order valence-electron chi connectivity index (χ4n) is 4.59. The standard InChI is InChI=1S/C27H37FN2O/c1-26(2,3)21-11-19-8-10-30(16-22(19)24(28)14-21)17-31-25-13-20-15-29-9-7-18(20)12-23(25)27(4,5)6/h11-14,29H,7-10,15-17H2,1-6H3. The van der Waals surface area contributed by atoms with E-state index < -0.39 is 0 Å². The quantitative estimate of drug-likeness (QED) is 0.708. The average Bonchev–Trinajstić information content (AvgIpc) is 2.70. The van der Waals surface area contributed by atoms with Crippen LogP contribution in [0.2, 0.25) is 0 Å². The monoisotopic (exact) mass is 424 g/mol. The van der Waals surface area contributed by atoms with E-state index in [1.54, 1.807) is 6.07 Å². The normalized spacial score (nSPS) is 17.3. The zero-order valence-corrected chi connectivity index (χ0v) is 20.0. The number of benzene rings is 2. The SMILES string of the molecule is CC(C)(C)c1cc(F)c2c(c1)CCN(COc1cc3c(cc1C(C)(C)C)CCNC3)C2. The number of halogens is 1. The molecule has 2 heterocycles. The van der Waals surface area contributed by atoms with Gasteiger partial charge in [0.15, 0.2) is 0 Å². The molecule has 0 unspecified atom stereocenters. The van der Waals surface area contributed by atoms with Crippen molar-refractivity contribution >= 4 is 0 Å². The van der Waals surface area contributed by atoms with Gasteiger partial charge in [-0.1, -0.05) is 53.7 Å². The first-order valence-electron chi connectivity index (χ1n) is 11.6. The molecule has 1 N–H and O–H groups in total. The molecular weight excluding hydrogens is 387 g/mol. The number of rotatable bonds is 3. The van der Waals surface area contributed by atoms with Gasteiger partial charge in [-0.2, -0.15) is 0 Å². The Hall–Kier alpha value is -1.91. The van der Waals surface area contributed by atoms with Crippen LogP contribution in [0.3, 0.4) is 0 Å². The molecule has 2 aliphatic rings. The summed E-state index contributed by atoms with van der Waals surface area (Å²) < 4.78 is 21.3. The number of nitrogens with zero attached hydrogens (tertiary/aromatic N) is 1. The van der Waals surface area contributed by atoms with Crippen molar-refractivity contribution in [3.8, 4) is 5.75 Å². The molecule has 0 amide bonds. The van der Waals surface area contributed by atoms with E-state index in [4.69, 9.17) is 4.74 Å². The van der Waals surface area contributed by atoms with Gasteiger partial charge in [-0.05, 0) is 70.2 Å². The molecule has 2 aromatic carbocycles. The molecule has 2 aromatic rings. The molecule has 168 valence electrons. The minimum Gasteiger partial charge on any atom is -0.478 e. The van der Waals surface area contributed by atoms with Crippen molar-refractivity contribution in [3.05, 3.63) is 63.5 Å². The van der Waals surface area contributed by atoms with Gasteiger partial charge in [-0.15, -0.1) is 0 Å². The molecule has 0 bridgehead atoms. The summed E-state index contributed by atoms with van der Waals surface area (Å²) in [4.78, 5) is 2.21. The van der Waals surface area contributed by atoms with Crippen LogP contribution in [-0.4, -0.2) is 24.7 Å². The number of fused-ring (bicyclic) bond motifs is 2.